The number of carbonyl (C=O) groups excluding carboxylic acids is 1. The van der Waals surface area contributed by atoms with Crippen LogP contribution in [0.4, 0.5) is 10.9 Å². The number of rotatable bonds is 5. The molecule has 0 spiro atoms. The molecule has 6 nitrogen and oxygen atoms in total. The molecule has 1 amide bonds. The number of hydrogen-bond donors (Lipinski definition) is 2. The zero-order valence-corrected chi connectivity index (χ0v) is 11.1. The Morgan fingerprint density at radius 3 is 3.06 bits per heavy atom. The highest BCUT2D eigenvalue weighted by atomic mass is 32.1. The average molecular weight is 265 g/mol. The van der Waals surface area contributed by atoms with Gasteiger partial charge in [-0.25, -0.2) is 4.98 Å². The Morgan fingerprint density at radius 2 is 2.39 bits per heavy atom. The van der Waals surface area contributed by atoms with Gasteiger partial charge in [-0.05, 0) is 6.42 Å². The zero-order valence-electron chi connectivity index (χ0n) is 10.3. The normalized spacial score (nSPS) is 10.3. The lowest BCUT2D eigenvalue weighted by Gasteiger charge is -2.01. The first-order valence-corrected chi connectivity index (χ1v) is 6.51. The van der Waals surface area contributed by atoms with E-state index in [1.54, 1.807) is 17.1 Å². The number of nitrogens with zero attached hydrogens (tertiary/aromatic N) is 3. The van der Waals surface area contributed by atoms with Crippen LogP contribution in [0.3, 0.4) is 0 Å². The fourth-order valence-corrected chi connectivity index (χ4v) is 2.11. The summed E-state index contributed by atoms with van der Waals surface area (Å²) >= 11 is 1.32. The molecule has 2 heterocycles. The summed E-state index contributed by atoms with van der Waals surface area (Å²) in [5.74, 6) is 0.761. The summed E-state index contributed by atoms with van der Waals surface area (Å²) in [6.45, 7) is 2.70. The quantitative estimate of drug-likeness (QED) is 0.864. The summed E-state index contributed by atoms with van der Waals surface area (Å²) in [5, 5.41) is 10.7. The molecule has 2 N–H and O–H groups in total. The Balaban J connectivity index is 2.02. The molecule has 0 radical (unpaired) electrons. The predicted molar refractivity (Wildman–Crippen MR) is 71.2 cm³/mol. The monoisotopic (exact) mass is 265 g/mol. The van der Waals surface area contributed by atoms with Crippen LogP contribution in [0.1, 0.15) is 23.0 Å². The van der Waals surface area contributed by atoms with Gasteiger partial charge in [0, 0.05) is 19.7 Å². The fourth-order valence-electron chi connectivity index (χ4n) is 1.37. The van der Waals surface area contributed by atoms with E-state index in [1.165, 1.54) is 11.3 Å². The highest BCUT2D eigenvalue weighted by Crippen LogP contribution is 2.21. The van der Waals surface area contributed by atoms with Crippen molar-refractivity contribution < 1.29 is 4.79 Å². The first-order chi connectivity index (χ1) is 8.70. The molecule has 96 valence electrons. The van der Waals surface area contributed by atoms with Crippen molar-refractivity contribution in [3.63, 3.8) is 0 Å². The molecule has 0 fully saturated rings. The molecular weight excluding hydrogens is 250 g/mol. The second-order valence-electron chi connectivity index (χ2n) is 3.75. The van der Waals surface area contributed by atoms with Crippen LogP contribution >= 0.6 is 11.3 Å². The molecule has 0 bridgehead atoms. The smallest absolute Gasteiger partial charge is 0.263 e. The maximum atomic E-state index is 11.7. The maximum absolute atomic E-state index is 11.7. The van der Waals surface area contributed by atoms with Crippen molar-refractivity contribution in [2.45, 2.75) is 13.3 Å². The van der Waals surface area contributed by atoms with Crippen LogP contribution in [0, 0.1) is 0 Å². The lowest BCUT2D eigenvalue weighted by atomic mass is 10.4. The van der Waals surface area contributed by atoms with Gasteiger partial charge in [0.25, 0.3) is 5.91 Å². The summed E-state index contributed by atoms with van der Waals surface area (Å²) in [5.41, 5.74) is 0. The Bertz CT molecular complexity index is 533. The number of aryl methyl sites for hydroxylation is 1. The minimum Gasteiger partial charge on any atom is -0.351 e. The number of thiazole rings is 1. The highest BCUT2D eigenvalue weighted by Gasteiger charge is 2.10. The van der Waals surface area contributed by atoms with Crippen molar-refractivity contribution in [2.24, 2.45) is 7.05 Å². The van der Waals surface area contributed by atoms with E-state index in [9.17, 15) is 4.79 Å². The van der Waals surface area contributed by atoms with Crippen LogP contribution in [-0.4, -0.2) is 27.2 Å². The van der Waals surface area contributed by atoms with Gasteiger partial charge in [-0.15, -0.1) is 0 Å². The van der Waals surface area contributed by atoms with Crippen molar-refractivity contribution in [2.75, 3.05) is 11.9 Å². The number of amides is 1. The van der Waals surface area contributed by atoms with Gasteiger partial charge in [0.2, 0.25) is 0 Å². The SMILES string of the molecule is CCCNC(=O)c1cnc(Nc2ccnn2C)s1. The number of hydrogen-bond acceptors (Lipinski definition) is 5. The molecule has 7 heteroatoms. The van der Waals surface area contributed by atoms with Crippen LogP contribution in [-0.2, 0) is 7.05 Å². The number of carbonyl (C=O) groups is 1. The fraction of sp³-hybridized carbons (Fsp3) is 0.364. The highest BCUT2D eigenvalue weighted by molar-refractivity contribution is 7.17. The lowest BCUT2D eigenvalue weighted by Crippen LogP contribution is -2.22. The van der Waals surface area contributed by atoms with Crippen LogP contribution < -0.4 is 10.6 Å². The second kappa shape index (κ2) is 5.63. The molecule has 0 unspecified atom stereocenters. The molecule has 2 aromatic heterocycles. The number of nitrogens with one attached hydrogen (secondary N) is 2. The molecule has 0 saturated carbocycles. The van der Waals surface area contributed by atoms with Gasteiger partial charge in [0.15, 0.2) is 5.13 Å². The van der Waals surface area contributed by atoms with Gasteiger partial charge in [0.1, 0.15) is 10.7 Å². The van der Waals surface area contributed by atoms with Crippen molar-refractivity contribution in [3.05, 3.63) is 23.3 Å². The van der Waals surface area contributed by atoms with Crippen molar-refractivity contribution >= 4 is 28.2 Å². The van der Waals surface area contributed by atoms with E-state index < -0.39 is 0 Å². The average Bonchev–Trinajstić information content (AvgIpc) is 2.97. The molecule has 0 aliphatic heterocycles. The molecule has 0 aliphatic rings. The van der Waals surface area contributed by atoms with Crippen molar-refractivity contribution in [1.29, 1.82) is 0 Å². The summed E-state index contributed by atoms with van der Waals surface area (Å²) < 4.78 is 1.71. The summed E-state index contributed by atoms with van der Waals surface area (Å²) in [7, 11) is 1.84. The summed E-state index contributed by atoms with van der Waals surface area (Å²) in [6.07, 6.45) is 4.20. The molecule has 18 heavy (non-hydrogen) atoms. The first-order valence-electron chi connectivity index (χ1n) is 5.69. The van der Waals surface area contributed by atoms with Gasteiger partial charge in [-0.1, -0.05) is 18.3 Å². The largest absolute Gasteiger partial charge is 0.351 e. The van der Waals surface area contributed by atoms with Gasteiger partial charge in [0.05, 0.1) is 12.4 Å². The number of anilines is 2. The van der Waals surface area contributed by atoms with E-state index in [2.05, 4.69) is 20.7 Å². The van der Waals surface area contributed by atoms with Crippen molar-refractivity contribution in [1.82, 2.24) is 20.1 Å². The Kier molecular flexibility index (Phi) is 3.93. The Labute approximate surface area is 109 Å². The minimum absolute atomic E-state index is 0.0765. The summed E-state index contributed by atoms with van der Waals surface area (Å²) in [4.78, 5) is 16.5. The topological polar surface area (TPSA) is 71.8 Å². The van der Waals surface area contributed by atoms with E-state index in [4.69, 9.17) is 0 Å². The molecule has 0 aromatic carbocycles. The predicted octanol–water partition coefficient (Wildman–Crippen LogP) is 1.76. The van der Waals surface area contributed by atoms with E-state index in [-0.39, 0.29) is 5.91 Å². The van der Waals surface area contributed by atoms with E-state index >= 15 is 0 Å². The summed E-state index contributed by atoms with van der Waals surface area (Å²) in [6, 6.07) is 1.85. The van der Waals surface area contributed by atoms with Gasteiger partial charge in [-0.2, -0.15) is 5.10 Å². The maximum Gasteiger partial charge on any atom is 0.263 e. The number of aromatic nitrogens is 3. The van der Waals surface area contributed by atoms with Crippen LogP contribution in [0.2, 0.25) is 0 Å². The minimum atomic E-state index is -0.0765. The van der Waals surface area contributed by atoms with E-state index in [1.807, 2.05) is 20.0 Å². The van der Waals surface area contributed by atoms with Gasteiger partial charge in [-0.3, -0.25) is 9.48 Å². The molecule has 2 rings (SSSR count). The van der Waals surface area contributed by atoms with Gasteiger partial charge < -0.3 is 10.6 Å². The Hall–Kier alpha value is -1.89. The third-order valence-corrected chi connectivity index (χ3v) is 3.23. The zero-order chi connectivity index (χ0) is 13.0. The molecule has 0 aliphatic carbocycles. The Morgan fingerprint density at radius 1 is 1.56 bits per heavy atom. The standard InChI is InChI=1S/C11H15N5OS/c1-3-5-12-10(17)8-7-13-11(18-8)15-9-4-6-14-16(9)2/h4,6-7H,3,5H2,1-2H3,(H,12,17)(H,13,15). The third kappa shape index (κ3) is 2.86. The van der Waals surface area contributed by atoms with Crippen LogP contribution in [0.25, 0.3) is 0 Å². The van der Waals surface area contributed by atoms with E-state index in [0.717, 1.165) is 12.2 Å². The van der Waals surface area contributed by atoms with Crippen LogP contribution in [0.15, 0.2) is 18.5 Å². The van der Waals surface area contributed by atoms with Gasteiger partial charge >= 0.3 is 0 Å². The molecule has 0 saturated heterocycles. The lowest BCUT2D eigenvalue weighted by molar-refractivity contribution is 0.0957. The van der Waals surface area contributed by atoms with E-state index in [0.29, 0.717) is 16.6 Å². The molecular formula is C11H15N5OS. The molecule has 0 atom stereocenters. The molecule has 2 aromatic rings. The first kappa shape index (κ1) is 12.6. The third-order valence-electron chi connectivity index (χ3n) is 2.32. The van der Waals surface area contributed by atoms with Crippen molar-refractivity contribution in [3.8, 4) is 0 Å². The van der Waals surface area contributed by atoms with Crippen LogP contribution in [0.5, 0.6) is 0 Å². The second-order valence-corrected chi connectivity index (χ2v) is 4.78.